The molecule has 0 aliphatic heterocycles. The van der Waals surface area contributed by atoms with E-state index >= 15 is 0 Å². The van der Waals surface area contributed by atoms with Crippen LogP contribution in [0.2, 0.25) is 5.02 Å². The van der Waals surface area contributed by atoms with E-state index in [2.05, 4.69) is 5.32 Å². The summed E-state index contributed by atoms with van der Waals surface area (Å²) < 4.78 is 17.9. The van der Waals surface area contributed by atoms with Crippen LogP contribution in [0.4, 0.5) is 10.1 Å². The summed E-state index contributed by atoms with van der Waals surface area (Å²) in [5.74, 6) is 0.102. The van der Waals surface area contributed by atoms with Crippen molar-refractivity contribution in [1.29, 1.82) is 0 Å². The SMILES string of the molecule is COc1cccc(CCC(=O)Nc2ccc(F)cc2)c1Cl. The minimum Gasteiger partial charge on any atom is -0.495 e. The van der Waals surface area contributed by atoms with Crippen LogP contribution in [0.15, 0.2) is 42.5 Å². The Labute approximate surface area is 127 Å². The number of rotatable bonds is 5. The van der Waals surface area contributed by atoms with E-state index < -0.39 is 0 Å². The molecule has 0 heterocycles. The largest absolute Gasteiger partial charge is 0.495 e. The Bertz CT molecular complexity index is 629. The van der Waals surface area contributed by atoms with Crippen molar-refractivity contribution in [3.63, 3.8) is 0 Å². The van der Waals surface area contributed by atoms with Crippen LogP contribution in [0.5, 0.6) is 5.75 Å². The third-order valence-corrected chi connectivity index (χ3v) is 3.44. The van der Waals surface area contributed by atoms with Crippen LogP contribution in [0.3, 0.4) is 0 Å². The van der Waals surface area contributed by atoms with Crippen LogP contribution in [0, 0.1) is 5.82 Å². The molecule has 0 aromatic heterocycles. The molecule has 110 valence electrons. The molecular formula is C16H15ClFNO2. The third-order valence-electron chi connectivity index (χ3n) is 3.01. The van der Waals surface area contributed by atoms with Gasteiger partial charge in [0.1, 0.15) is 11.6 Å². The van der Waals surface area contributed by atoms with Crippen LogP contribution in [0.25, 0.3) is 0 Å². The van der Waals surface area contributed by atoms with Gasteiger partial charge in [-0.1, -0.05) is 23.7 Å². The van der Waals surface area contributed by atoms with Crippen molar-refractivity contribution in [3.05, 3.63) is 58.9 Å². The number of ether oxygens (including phenoxy) is 1. The number of aryl methyl sites for hydroxylation is 1. The first kappa shape index (κ1) is 15.3. The van der Waals surface area contributed by atoms with Gasteiger partial charge in [-0.15, -0.1) is 0 Å². The lowest BCUT2D eigenvalue weighted by Gasteiger charge is -2.09. The van der Waals surface area contributed by atoms with Crippen LogP contribution in [0.1, 0.15) is 12.0 Å². The lowest BCUT2D eigenvalue weighted by Crippen LogP contribution is -2.12. The minimum atomic E-state index is -0.337. The number of hydrogen-bond donors (Lipinski definition) is 1. The molecule has 0 atom stereocenters. The van der Waals surface area contributed by atoms with Crippen LogP contribution < -0.4 is 10.1 Å². The first-order valence-electron chi connectivity index (χ1n) is 6.47. The Balaban J connectivity index is 1.94. The molecule has 0 bridgehead atoms. The maximum atomic E-state index is 12.8. The zero-order valence-corrected chi connectivity index (χ0v) is 12.3. The standard InChI is InChI=1S/C16H15ClFNO2/c1-21-14-4-2-3-11(16(14)17)5-10-15(20)19-13-8-6-12(18)7-9-13/h2-4,6-9H,5,10H2,1H3,(H,19,20). The summed E-state index contributed by atoms with van der Waals surface area (Å²) in [6.07, 6.45) is 0.785. The fraction of sp³-hybridized carbons (Fsp3) is 0.188. The van der Waals surface area contributed by atoms with Crippen molar-refractivity contribution in [2.75, 3.05) is 12.4 Å². The topological polar surface area (TPSA) is 38.3 Å². The van der Waals surface area contributed by atoms with E-state index in [-0.39, 0.29) is 18.1 Å². The van der Waals surface area contributed by atoms with Gasteiger partial charge in [0.25, 0.3) is 0 Å². The number of hydrogen-bond acceptors (Lipinski definition) is 2. The second kappa shape index (κ2) is 7.09. The van der Waals surface area contributed by atoms with E-state index in [0.717, 1.165) is 5.56 Å². The molecule has 3 nitrogen and oxygen atoms in total. The van der Waals surface area contributed by atoms with E-state index in [1.807, 2.05) is 12.1 Å². The number of nitrogens with one attached hydrogen (secondary N) is 1. The van der Waals surface area contributed by atoms with Gasteiger partial charge in [-0.2, -0.15) is 0 Å². The monoisotopic (exact) mass is 307 g/mol. The van der Waals surface area contributed by atoms with E-state index in [1.54, 1.807) is 13.2 Å². The predicted octanol–water partition coefficient (Wildman–Crippen LogP) is 4.06. The average Bonchev–Trinajstić information content (AvgIpc) is 2.48. The molecule has 0 aliphatic carbocycles. The van der Waals surface area contributed by atoms with Gasteiger partial charge in [-0.05, 0) is 42.3 Å². The molecule has 2 aromatic carbocycles. The molecule has 2 aromatic rings. The summed E-state index contributed by atoms with van der Waals surface area (Å²) in [6.45, 7) is 0. The Morgan fingerprint density at radius 1 is 1.24 bits per heavy atom. The molecule has 2 rings (SSSR count). The second-order valence-electron chi connectivity index (χ2n) is 4.49. The molecule has 0 unspecified atom stereocenters. The van der Waals surface area contributed by atoms with E-state index in [0.29, 0.717) is 22.9 Å². The fourth-order valence-electron chi connectivity index (χ4n) is 1.91. The van der Waals surface area contributed by atoms with Crippen molar-refractivity contribution in [1.82, 2.24) is 0 Å². The number of carbonyl (C=O) groups is 1. The number of benzene rings is 2. The smallest absolute Gasteiger partial charge is 0.224 e. The lowest BCUT2D eigenvalue weighted by atomic mass is 10.1. The van der Waals surface area contributed by atoms with Gasteiger partial charge < -0.3 is 10.1 Å². The van der Waals surface area contributed by atoms with E-state index in [9.17, 15) is 9.18 Å². The molecular weight excluding hydrogens is 293 g/mol. The third kappa shape index (κ3) is 4.20. The summed E-state index contributed by atoms with van der Waals surface area (Å²) in [7, 11) is 1.55. The predicted molar refractivity (Wildman–Crippen MR) is 81.4 cm³/mol. The minimum absolute atomic E-state index is 0.152. The number of methoxy groups -OCH3 is 1. The Morgan fingerprint density at radius 3 is 2.62 bits per heavy atom. The fourth-order valence-corrected chi connectivity index (χ4v) is 2.21. The molecule has 0 radical (unpaired) electrons. The lowest BCUT2D eigenvalue weighted by molar-refractivity contribution is -0.116. The molecule has 0 fully saturated rings. The highest BCUT2D eigenvalue weighted by molar-refractivity contribution is 6.32. The van der Waals surface area contributed by atoms with Crippen LogP contribution >= 0.6 is 11.6 Å². The summed E-state index contributed by atoms with van der Waals surface area (Å²) in [4.78, 5) is 11.9. The normalized spacial score (nSPS) is 10.2. The summed E-state index contributed by atoms with van der Waals surface area (Å²) >= 11 is 6.17. The van der Waals surface area contributed by atoms with Gasteiger partial charge in [-0.3, -0.25) is 4.79 Å². The molecule has 0 saturated carbocycles. The highest BCUT2D eigenvalue weighted by Gasteiger charge is 2.09. The molecule has 5 heteroatoms. The number of anilines is 1. The Morgan fingerprint density at radius 2 is 1.95 bits per heavy atom. The first-order chi connectivity index (χ1) is 10.1. The van der Waals surface area contributed by atoms with Gasteiger partial charge in [0.15, 0.2) is 0 Å². The first-order valence-corrected chi connectivity index (χ1v) is 6.84. The maximum absolute atomic E-state index is 12.8. The van der Waals surface area contributed by atoms with Crippen molar-refractivity contribution in [3.8, 4) is 5.75 Å². The van der Waals surface area contributed by atoms with Crippen LogP contribution in [-0.2, 0) is 11.2 Å². The summed E-state index contributed by atoms with van der Waals surface area (Å²) in [6, 6.07) is 11.1. The zero-order valence-electron chi connectivity index (χ0n) is 11.5. The van der Waals surface area contributed by atoms with Gasteiger partial charge in [0.05, 0.1) is 12.1 Å². The van der Waals surface area contributed by atoms with E-state index in [1.165, 1.54) is 24.3 Å². The van der Waals surface area contributed by atoms with Crippen molar-refractivity contribution in [2.45, 2.75) is 12.8 Å². The quantitative estimate of drug-likeness (QED) is 0.904. The summed E-state index contributed by atoms with van der Waals surface area (Å²) in [5, 5.41) is 3.23. The van der Waals surface area contributed by atoms with Gasteiger partial charge in [0.2, 0.25) is 5.91 Å². The van der Waals surface area contributed by atoms with Crippen molar-refractivity contribution in [2.24, 2.45) is 0 Å². The maximum Gasteiger partial charge on any atom is 0.224 e. The number of amides is 1. The second-order valence-corrected chi connectivity index (χ2v) is 4.87. The van der Waals surface area contributed by atoms with Gasteiger partial charge in [-0.25, -0.2) is 4.39 Å². The van der Waals surface area contributed by atoms with Gasteiger partial charge >= 0.3 is 0 Å². The highest BCUT2D eigenvalue weighted by Crippen LogP contribution is 2.28. The van der Waals surface area contributed by atoms with Gasteiger partial charge in [0, 0.05) is 12.1 Å². The van der Waals surface area contributed by atoms with Crippen molar-refractivity contribution < 1.29 is 13.9 Å². The molecule has 1 amide bonds. The van der Waals surface area contributed by atoms with Crippen LogP contribution in [-0.4, -0.2) is 13.0 Å². The molecule has 1 N–H and O–H groups in total. The molecule has 0 saturated heterocycles. The average molecular weight is 308 g/mol. The van der Waals surface area contributed by atoms with E-state index in [4.69, 9.17) is 16.3 Å². The number of carbonyl (C=O) groups excluding carboxylic acids is 1. The highest BCUT2D eigenvalue weighted by atomic mass is 35.5. The Hall–Kier alpha value is -2.07. The molecule has 21 heavy (non-hydrogen) atoms. The number of halogens is 2. The summed E-state index contributed by atoms with van der Waals surface area (Å²) in [5.41, 5.74) is 1.42. The molecule has 0 aliphatic rings. The Kier molecular flexibility index (Phi) is 5.17. The van der Waals surface area contributed by atoms with Crippen molar-refractivity contribution >= 4 is 23.2 Å². The molecule has 0 spiro atoms. The zero-order chi connectivity index (χ0) is 15.2.